The normalized spacial score (nSPS) is 16.5. The highest BCUT2D eigenvalue weighted by Crippen LogP contribution is 2.18. The van der Waals surface area contributed by atoms with Gasteiger partial charge in [-0.25, -0.2) is 0 Å². The fraction of sp³-hybridized carbons (Fsp3) is 0.286. The van der Waals surface area contributed by atoms with Crippen molar-refractivity contribution in [2.45, 2.75) is 25.7 Å². The molecule has 0 heterocycles. The second-order valence-electron chi connectivity index (χ2n) is 4.08. The molecule has 0 amide bonds. The highest BCUT2D eigenvalue weighted by atomic mass is 14.6. The number of hydrogen-bond acceptors (Lipinski definition) is 1. The first kappa shape index (κ1) is 10.0. The molecule has 0 unspecified atom stereocenters. The van der Waals surface area contributed by atoms with Gasteiger partial charge in [-0.1, -0.05) is 42.0 Å². The molecule has 1 nitrogen and oxygen atoms in total. The molecule has 0 spiro atoms. The average molecular weight is 199 g/mol. The van der Waals surface area contributed by atoms with E-state index in [9.17, 15) is 0 Å². The van der Waals surface area contributed by atoms with E-state index in [1.165, 1.54) is 24.0 Å². The van der Waals surface area contributed by atoms with Crippen LogP contribution in [-0.4, -0.2) is 0 Å². The van der Waals surface area contributed by atoms with E-state index in [4.69, 9.17) is 5.73 Å². The molecule has 1 aliphatic rings. The van der Waals surface area contributed by atoms with Gasteiger partial charge in [0.05, 0.1) is 0 Å². The molecule has 1 aromatic rings. The second kappa shape index (κ2) is 4.83. The molecule has 0 saturated carbocycles. The van der Waals surface area contributed by atoms with E-state index < -0.39 is 0 Å². The Morgan fingerprint density at radius 2 is 1.80 bits per heavy atom. The van der Waals surface area contributed by atoms with Gasteiger partial charge in [0.1, 0.15) is 0 Å². The Hall–Kier alpha value is -1.50. The zero-order valence-corrected chi connectivity index (χ0v) is 8.95. The lowest BCUT2D eigenvalue weighted by Crippen LogP contribution is -1.94. The van der Waals surface area contributed by atoms with Gasteiger partial charge < -0.3 is 5.73 Å². The monoisotopic (exact) mass is 199 g/mol. The van der Waals surface area contributed by atoms with E-state index in [1.807, 2.05) is 0 Å². The molecule has 0 aromatic heterocycles. The molecule has 0 saturated heterocycles. The Morgan fingerprint density at radius 1 is 1.00 bits per heavy atom. The van der Waals surface area contributed by atoms with Crippen molar-refractivity contribution in [1.29, 1.82) is 0 Å². The molecule has 1 heteroatoms. The predicted molar refractivity (Wildman–Crippen MR) is 64.4 cm³/mol. The third-order valence-electron chi connectivity index (χ3n) is 2.77. The molecule has 2 N–H and O–H groups in total. The van der Waals surface area contributed by atoms with Gasteiger partial charge in [-0.15, -0.1) is 0 Å². The Balaban J connectivity index is 2.06. The average Bonchev–Trinajstić information content (AvgIpc) is 2.46. The number of benzene rings is 1. The number of hydrogen-bond donors (Lipinski definition) is 1. The van der Waals surface area contributed by atoms with E-state index in [-0.39, 0.29) is 0 Å². The summed E-state index contributed by atoms with van der Waals surface area (Å²) in [4.78, 5) is 0. The third-order valence-corrected chi connectivity index (χ3v) is 2.77. The van der Waals surface area contributed by atoms with E-state index in [1.54, 1.807) is 0 Å². The first-order valence-electron chi connectivity index (χ1n) is 5.52. The van der Waals surface area contributed by atoms with Gasteiger partial charge in [-0.05, 0) is 37.3 Å². The topological polar surface area (TPSA) is 26.0 Å². The molecule has 0 aliphatic heterocycles. The van der Waals surface area contributed by atoms with Gasteiger partial charge in [0, 0.05) is 5.70 Å². The van der Waals surface area contributed by atoms with Crippen LogP contribution in [0.25, 0.3) is 0 Å². The van der Waals surface area contributed by atoms with Crippen LogP contribution in [-0.2, 0) is 6.42 Å². The zero-order chi connectivity index (χ0) is 10.5. The van der Waals surface area contributed by atoms with E-state index in [2.05, 4.69) is 42.5 Å². The predicted octanol–water partition coefficient (Wildman–Crippen LogP) is 3.18. The van der Waals surface area contributed by atoms with Crippen LogP contribution in [0.4, 0.5) is 0 Å². The summed E-state index contributed by atoms with van der Waals surface area (Å²) in [6, 6.07) is 10.6. The highest BCUT2D eigenvalue weighted by molar-refractivity contribution is 5.26. The smallest absolute Gasteiger partial charge is 0.00805 e. The Labute approximate surface area is 91.3 Å². The quantitative estimate of drug-likeness (QED) is 0.777. The Morgan fingerprint density at radius 3 is 2.60 bits per heavy atom. The molecule has 0 atom stereocenters. The Bertz CT molecular complexity index is 374. The number of nitrogens with two attached hydrogens (primary N) is 1. The zero-order valence-electron chi connectivity index (χ0n) is 8.95. The molecule has 1 aliphatic carbocycles. The number of rotatable bonds is 2. The molecule has 0 bridgehead atoms. The van der Waals surface area contributed by atoms with Gasteiger partial charge >= 0.3 is 0 Å². The second-order valence-corrected chi connectivity index (χ2v) is 4.08. The van der Waals surface area contributed by atoms with Gasteiger partial charge in [0.2, 0.25) is 0 Å². The molecule has 15 heavy (non-hydrogen) atoms. The third kappa shape index (κ3) is 2.98. The van der Waals surface area contributed by atoms with Crippen LogP contribution in [0.2, 0.25) is 0 Å². The number of allylic oxidation sites excluding steroid dienone is 4. The summed E-state index contributed by atoms with van der Waals surface area (Å²) in [5.74, 6) is 0. The molecule has 78 valence electrons. The molecule has 0 radical (unpaired) electrons. The van der Waals surface area contributed by atoms with Crippen molar-refractivity contribution in [2.24, 2.45) is 5.73 Å². The standard InChI is InChI=1S/C14H17N/c15-14-8-4-7-13(9-10-14)11-12-5-2-1-3-6-12/h1-3,5-6,9-10H,4,7-8,11,15H2. The van der Waals surface area contributed by atoms with Crippen molar-refractivity contribution in [1.82, 2.24) is 0 Å². The summed E-state index contributed by atoms with van der Waals surface area (Å²) in [6.07, 6.45) is 8.70. The largest absolute Gasteiger partial charge is 0.402 e. The van der Waals surface area contributed by atoms with Crippen molar-refractivity contribution >= 4 is 0 Å². The van der Waals surface area contributed by atoms with Gasteiger partial charge in [0.15, 0.2) is 0 Å². The first-order chi connectivity index (χ1) is 7.34. The van der Waals surface area contributed by atoms with Crippen LogP contribution in [0.3, 0.4) is 0 Å². The minimum Gasteiger partial charge on any atom is -0.402 e. The minimum atomic E-state index is 1.01. The van der Waals surface area contributed by atoms with Crippen molar-refractivity contribution in [2.75, 3.05) is 0 Å². The van der Waals surface area contributed by atoms with Gasteiger partial charge in [-0.3, -0.25) is 0 Å². The van der Waals surface area contributed by atoms with Crippen LogP contribution in [0.15, 0.2) is 53.8 Å². The summed E-state index contributed by atoms with van der Waals surface area (Å²) in [7, 11) is 0. The SMILES string of the molecule is NC1=CC=C(Cc2ccccc2)CCC1. The molecule has 0 fully saturated rings. The van der Waals surface area contributed by atoms with Crippen molar-refractivity contribution < 1.29 is 0 Å². The van der Waals surface area contributed by atoms with Crippen molar-refractivity contribution in [3.05, 3.63) is 59.3 Å². The first-order valence-corrected chi connectivity index (χ1v) is 5.52. The van der Waals surface area contributed by atoms with Crippen LogP contribution in [0.1, 0.15) is 24.8 Å². The lowest BCUT2D eigenvalue weighted by molar-refractivity contribution is 0.792. The van der Waals surface area contributed by atoms with Crippen LogP contribution in [0, 0.1) is 0 Å². The summed E-state index contributed by atoms with van der Waals surface area (Å²) >= 11 is 0. The van der Waals surface area contributed by atoms with E-state index in [0.717, 1.165) is 18.5 Å². The summed E-state index contributed by atoms with van der Waals surface area (Å²) < 4.78 is 0. The van der Waals surface area contributed by atoms with Crippen LogP contribution < -0.4 is 5.73 Å². The maximum absolute atomic E-state index is 5.81. The van der Waals surface area contributed by atoms with E-state index >= 15 is 0 Å². The molecular formula is C14H17N. The minimum absolute atomic E-state index is 1.01. The van der Waals surface area contributed by atoms with Gasteiger partial charge in [-0.2, -0.15) is 0 Å². The van der Waals surface area contributed by atoms with Crippen molar-refractivity contribution in [3.8, 4) is 0 Å². The molecule has 2 rings (SSSR count). The summed E-state index contributed by atoms with van der Waals surface area (Å²) in [5, 5.41) is 0. The molecule has 1 aromatic carbocycles. The van der Waals surface area contributed by atoms with Crippen molar-refractivity contribution in [3.63, 3.8) is 0 Å². The Kier molecular flexibility index (Phi) is 3.23. The van der Waals surface area contributed by atoms with Gasteiger partial charge in [0.25, 0.3) is 0 Å². The summed E-state index contributed by atoms with van der Waals surface area (Å²) in [5.41, 5.74) is 9.69. The van der Waals surface area contributed by atoms with Crippen LogP contribution in [0.5, 0.6) is 0 Å². The van der Waals surface area contributed by atoms with E-state index in [0.29, 0.717) is 0 Å². The highest BCUT2D eigenvalue weighted by Gasteiger charge is 2.03. The summed E-state index contributed by atoms with van der Waals surface area (Å²) in [6.45, 7) is 0. The van der Waals surface area contributed by atoms with Crippen LogP contribution >= 0.6 is 0 Å². The fourth-order valence-corrected chi connectivity index (χ4v) is 1.92. The molecular weight excluding hydrogens is 182 g/mol. The lowest BCUT2D eigenvalue weighted by Gasteiger charge is -2.04. The fourth-order valence-electron chi connectivity index (χ4n) is 1.92. The maximum Gasteiger partial charge on any atom is 0.00805 e. The lowest BCUT2D eigenvalue weighted by atomic mass is 10.0. The maximum atomic E-state index is 5.81.